The largest absolute Gasteiger partial charge is 0.493 e. The van der Waals surface area contributed by atoms with Crippen LogP contribution in [0.15, 0.2) is 23.5 Å². The Morgan fingerprint density at radius 2 is 2.09 bits per heavy atom. The second-order valence-electron chi connectivity index (χ2n) is 6.35. The zero-order valence-electron chi connectivity index (χ0n) is 13.2. The second-order valence-corrected chi connectivity index (χ2v) is 6.35. The van der Waals surface area contributed by atoms with Gasteiger partial charge in [-0.25, -0.2) is 0 Å². The van der Waals surface area contributed by atoms with E-state index >= 15 is 0 Å². The van der Waals surface area contributed by atoms with Gasteiger partial charge in [-0.1, -0.05) is 6.08 Å². The van der Waals surface area contributed by atoms with Crippen LogP contribution in [0.25, 0.3) is 0 Å². The molecule has 3 nitrogen and oxygen atoms in total. The fourth-order valence-electron chi connectivity index (χ4n) is 2.99. The number of rotatable bonds is 5. The van der Waals surface area contributed by atoms with Crippen LogP contribution in [0.2, 0.25) is 0 Å². The van der Waals surface area contributed by atoms with E-state index in [-0.39, 0.29) is 12.5 Å². The van der Waals surface area contributed by atoms with Crippen LogP contribution < -0.4 is 5.32 Å². The number of likely N-dealkylation sites (N-methyl/N-ethyl adjacent to an activating group) is 1. The summed E-state index contributed by atoms with van der Waals surface area (Å²) >= 11 is 0. The minimum atomic E-state index is -4.22. The first-order chi connectivity index (χ1) is 10.4. The number of piperidine rings is 1. The third-order valence-corrected chi connectivity index (χ3v) is 4.18. The van der Waals surface area contributed by atoms with Crippen molar-refractivity contribution in [3.63, 3.8) is 0 Å². The number of hydrogen-bond acceptors (Lipinski definition) is 3. The van der Waals surface area contributed by atoms with Crippen molar-refractivity contribution in [2.24, 2.45) is 5.92 Å². The van der Waals surface area contributed by atoms with E-state index < -0.39 is 11.7 Å². The summed E-state index contributed by atoms with van der Waals surface area (Å²) in [6.45, 7) is 2.72. The maximum atomic E-state index is 12.6. The molecule has 2 aliphatic rings. The van der Waals surface area contributed by atoms with Gasteiger partial charge in [0.2, 0.25) is 0 Å². The molecule has 22 heavy (non-hydrogen) atoms. The van der Waals surface area contributed by atoms with Crippen LogP contribution in [-0.4, -0.2) is 50.9 Å². The van der Waals surface area contributed by atoms with Crippen molar-refractivity contribution < 1.29 is 17.9 Å². The zero-order chi connectivity index (χ0) is 16.2. The highest BCUT2D eigenvalue weighted by Crippen LogP contribution is 2.34. The summed E-state index contributed by atoms with van der Waals surface area (Å²) in [6, 6.07) is 0. The number of alkyl halides is 3. The number of nitrogens with zero attached hydrogens (tertiary/aromatic N) is 1. The number of hydrogen-bond donors (Lipinski definition) is 1. The molecule has 0 spiro atoms. The molecule has 0 aromatic carbocycles. The van der Waals surface area contributed by atoms with Gasteiger partial charge < -0.3 is 15.0 Å². The van der Waals surface area contributed by atoms with Gasteiger partial charge in [0.15, 0.2) is 0 Å². The standard InChI is InChI=1S/C16H25F3N2O/c1-21(2)11-15(12-4-3-9-20-10-12)22-14-7-5-13(6-8-14)16(17,18)19/h5,7,12,15,20H,3-4,6,8-11H2,1-2H3/t12-,15-/m1/s1. The molecule has 0 aromatic heterocycles. The Labute approximate surface area is 130 Å². The predicted octanol–water partition coefficient (Wildman–Crippen LogP) is 3.10. The Bertz CT molecular complexity index is 424. The molecule has 0 bridgehead atoms. The summed E-state index contributed by atoms with van der Waals surface area (Å²) in [4.78, 5) is 2.07. The topological polar surface area (TPSA) is 24.5 Å². The van der Waals surface area contributed by atoms with Gasteiger partial charge in [0.1, 0.15) is 6.10 Å². The molecule has 1 aliphatic heterocycles. The van der Waals surface area contributed by atoms with Crippen LogP contribution in [0.4, 0.5) is 13.2 Å². The summed E-state index contributed by atoms with van der Waals surface area (Å²) in [5.41, 5.74) is -0.469. The normalized spacial score (nSPS) is 24.7. The second kappa shape index (κ2) is 7.51. The van der Waals surface area contributed by atoms with Crippen molar-refractivity contribution >= 4 is 0 Å². The lowest BCUT2D eigenvalue weighted by Gasteiger charge is -2.34. The Morgan fingerprint density at radius 1 is 1.32 bits per heavy atom. The number of halogens is 3. The Morgan fingerprint density at radius 3 is 2.59 bits per heavy atom. The molecule has 1 aliphatic carbocycles. The lowest BCUT2D eigenvalue weighted by Crippen LogP contribution is -2.42. The fourth-order valence-corrected chi connectivity index (χ4v) is 2.99. The zero-order valence-corrected chi connectivity index (χ0v) is 13.2. The van der Waals surface area contributed by atoms with Gasteiger partial charge in [0, 0.05) is 31.0 Å². The smallest absolute Gasteiger partial charge is 0.412 e. The van der Waals surface area contributed by atoms with Gasteiger partial charge in [-0.2, -0.15) is 13.2 Å². The van der Waals surface area contributed by atoms with E-state index in [9.17, 15) is 13.2 Å². The predicted molar refractivity (Wildman–Crippen MR) is 80.5 cm³/mol. The summed E-state index contributed by atoms with van der Waals surface area (Å²) in [5.74, 6) is 1.08. The monoisotopic (exact) mass is 318 g/mol. The Balaban J connectivity index is 2.01. The summed E-state index contributed by atoms with van der Waals surface area (Å²) in [6.07, 6.45) is 1.00. The Hall–Kier alpha value is -1.01. The SMILES string of the molecule is CN(C)C[C@@H](OC1=CC=C(C(F)(F)F)CC1)[C@@H]1CCCNC1. The summed E-state index contributed by atoms with van der Waals surface area (Å²) in [7, 11) is 3.98. The van der Waals surface area contributed by atoms with E-state index in [2.05, 4.69) is 10.2 Å². The molecule has 0 unspecified atom stereocenters. The molecule has 2 rings (SSSR count). The van der Waals surface area contributed by atoms with Crippen LogP contribution in [0.1, 0.15) is 25.7 Å². The van der Waals surface area contributed by atoms with Crippen LogP contribution in [-0.2, 0) is 4.74 Å². The van der Waals surface area contributed by atoms with Crippen molar-refractivity contribution in [3.05, 3.63) is 23.5 Å². The summed E-state index contributed by atoms with van der Waals surface area (Å²) in [5, 5.41) is 3.37. The molecule has 0 saturated carbocycles. The van der Waals surface area contributed by atoms with Crippen LogP contribution in [0.5, 0.6) is 0 Å². The summed E-state index contributed by atoms with van der Waals surface area (Å²) < 4.78 is 44.0. The molecule has 1 fully saturated rings. The maximum absolute atomic E-state index is 12.6. The third kappa shape index (κ3) is 5.02. The first kappa shape index (κ1) is 17.3. The van der Waals surface area contributed by atoms with Crippen LogP contribution >= 0.6 is 0 Å². The third-order valence-electron chi connectivity index (χ3n) is 4.18. The maximum Gasteiger partial charge on any atom is 0.412 e. The van der Waals surface area contributed by atoms with E-state index in [1.807, 2.05) is 14.1 Å². The van der Waals surface area contributed by atoms with E-state index in [1.165, 1.54) is 6.08 Å². The molecule has 1 N–H and O–H groups in total. The average molecular weight is 318 g/mol. The van der Waals surface area contributed by atoms with Crippen molar-refractivity contribution in [2.45, 2.75) is 38.0 Å². The van der Waals surface area contributed by atoms with E-state index in [1.54, 1.807) is 0 Å². The van der Waals surface area contributed by atoms with Gasteiger partial charge in [-0.05, 0) is 46.0 Å². The number of ether oxygens (including phenoxy) is 1. The van der Waals surface area contributed by atoms with Crippen LogP contribution in [0, 0.1) is 5.92 Å². The molecular formula is C16H25F3N2O. The van der Waals surface area contributed by atoms with Gasteiger partial charge in [-0.15, -0.1) is 0 Å². The van der Waals surface area contributed by atoms with Gasteiger partial charge in [0.05, 0.1) is 5.76 Å². The molecule has 6 heteroatoms. The number of nitrogens with one attached hydrogen (secondary N) is 1. The average Bonchev–Trinajstić information content (AvgIpc) is 2.47. The molecular weight excluding hydrogens is 293 g/mol. The molecule has 0 radical (unpaired) electrons. The quantitative estimate of drug-likeness (QED) is 0.843. The molecule has 0 aromatic rings. The molecule has 2 atom stereocenters. The lowest BCUT2D eigenvalue weighted by atomic mass is 9.93. The van der Waals surface area contributed by atoms with Crippen LogP contribution in [0.3, 0.4) is 0 Å². The minimum absolute atomic E-state index is 0.00688. The molecule has 0 amide bonds. The molecule has 1 saturated heterocycles. The highest BCUT2D eigenvalue weighted by atomic mass is 19.4. The van der Waals surface area contributed by atoms with Gasteiger partial charge >= 0.3 is 6.18 Å². The van der Waals surface area contributed by atoms with Crippen molar-refractivity contribution in [1.82, 2.24) is 10.2 Å². The van der Waals surface area contributed by atoms with E-state index in [0.717, 1.165) is 38.6 Å². The first-order valence-electron chi connectivity index (χ1n) is 7.85. The first-order valence-corrected chi connectivity index (χ1v) is 7.85. The van der Waals surface area contributed by atoms with E-state index in [4.69, 9.17) is 4.74 Å². The van der Waals surface area contributed by atoms with Gasteiger partial charge in [-0.3, -0.25) is 0 Å². The highest BCUT2D eigenvalue weighted by molar-refractivity contribution is 5.24. The van der Waals surface area contributed by atoms with Crippen molar-refractivity contribution in [2.75, 3.05) is 33.7 Å². The molecule has 1 heterocycles. The van der Waals surface area contributed by atoms with Crippen molar-refractivity contribution in [3.8, 4) is 0 Å². The molecule has 126 valence electrons. The number of allylic oxidation sites excluding steroid dienone is 4. The highest BCUT2D eigenvalue weighted by Gasteiger charge is 2.34. The lowest BCUT2D eigenvalue weighted by molar-refractivity contribution is -0.0946. The minimum Gasteiger partial charge on any atom is -0.493 e. The fraction of sp³-hybridized carbons (Fsp3) is 0.750. The van der Waals surface area contributed by atoms with Gasteiger partial charge in [0.25, 0.3) is 0 Å². The Kier molecular flexibility index (Phi) is 5.92. The van der Waals surface area contributed by atoms with Crippen molar-refractivity contribution in [1.29, 1.82) is 0 Å². The van der Waals surface area contributed by atoms with E-state index in [0.29, 0.717) is 18.1 Å².